The van der Waals surface area contributed by atoms with E-state index in [4.69, 9.17) is 16.3 Å². The van der Waals surface area contributed by atoms with Crippen LogP contribution in [-0.4, -0.2) is 25.5 Å². The van der Waals surface area contributed by atoms with Crippen LogP contribution in [0.25, 0.3) is 0 Å². The lowest BCUT2D eigenvalue weighted by molar-refractivity contribution is -0.128. The number of benzene rings is 1. The second-order valence-electron chi connectivity index (χ2n) is 6.98. The highest BCUT2D eigenvalue weighted by Gasteiger charge is 2.30. The van der Waals surface area contributed by atoms with Crippen molar-refractivity contribution in [3.8, 4) is 5.75 Å². The van der Waals surface area contributed by atoms with Gasteiger partial charge in [-0.2, -0.15) is 0 Å². The molecule has 1 aromatic carbocycles. The van der Waals surface area contributed by atoms with Crippen molar-refractivity contribution in [3.05, 3.63) is 22.7 Å². The van der Waals surface area contributed by atoms with Crippen LogP contribution >= 0.6 is 11.6 Å². The molecule has 0 aromatic heterocycles. The standard InChI is InChI=1S/C20H29ClN2O3/c1-4-5-10-22-19(24)14-6-8-15(9-7-14)20(25)23-17-11-13(2)16(21)12-18(17)26-3/h11-12,14-15H,4-10H2,1-3H3,(H,22,24)(H,23,25). The maximum atomic E-state index is 12.6. The highest BCUT2D eigenvalue weighted by atomic mass is 35.5. The van der Waals surface area contributed by atoms with Crippen LogP contribution in [0.2, 0.25) is 5.02 Å². The van der Waals surface area contributed by atoms with Crippen molar-refractivity contribution in [1.82, 2.24) is 5.32 Å². The number of hydrogen-bond acceptors (Lipinski definition) is 3. The monoisotopic (exact) mass is 380 g/mol. The van der Waals surface area contributed by atoms with Crippen LogP contribution in [0.4, 0.5) is 5.69 Å². The average molecular weight is 381 g/mol. The van der Waals surface area contributed by atoms with Crippen molar-refractivity contribution in [2.24, 2.45) is 11.8 Å². The van der Waals surface area contributed by atoms with Crippen LogP contribution < -0.4 is 15.4 Å². The molecule has 1 aliphatic carbocycles. The maximum absolute atomic E-state index is 12.6. The van der Waals surface area contributed by atoms with Gasteiger partial charge in [0.1, 0.15) is 5.75 Å². The Bertz CT molecular complexity index is 640. The quantitative estimate of drug-likeness (QED) is 0.692. The number of hydrogen-bond donors (Lipinski definition) is 2. The summed E-state index contributed by atoms with van der Waals surface area (Å²) in [5.41, 5.74) is 1.52. The lowest BCUT2D eigenvalue weighted by Gasteiger charge is -2.27. The summed E-state index contributed by atoms with van der Waals surface area (Å²) >= 11 is 6.11. The second kappa shape index (κ2) is 9.81. The predicted octanol–water partition coefficient (Wildman–Crippen LogP) is 4.32. The van der Waals surface area contributed by atoms with Crippen molar-refractivity contribution in [1.29, 1.82) is 0 Å². The number of nitrogens with one attached hydrogen (secondary N) is 2. The molecule has 1 aromatic rings. The molecule has 2 rings (SSSR count). The Hall–Kier alpha value is -1.75. The first kappa shape index (κ1) is 20.6. The van der Waals surface area contributed by atoms with E-state index in [9.17, 15) is 9.59 Å². The fourth-order valence-electron chi connectivity index (χ4n) is 3.32. The first-order valence-electron chi connectivity index (χ1n) is 9.39. The largest absolute Gasteiger partial charge is 0.495 e. The number of methoxy groups -OCH3 is 1. The van der Waals surface area contributed by atoms with Gasteiger partial charge in [0.05, 0.1) is 12.8 Å². The van der Waals surface area contributed by atoms with Gasteiger partial charge in [-0.25, -0.2) is 0 Å². The Labute approximate surface area is 160 Å². The SMILES string of the molecule is CCCCNC(=O)C1CCC(C(=O)Nc2cc(C)c(Cl)cc2OC)CC1. The van der Waals surface area contributed by atoms with E-state index in [1.165, 1.54) is 0 Å². The van der Waals surface area contributed by atoms with Crippen molar-refractivity contribution in [2.45, 2.75) is 52.4 Å². The molecular weight excluding hydrogens is 352 g/mol. The zero-order valence-corrected chi connectivity index (χ0v) is 16.6. The molecule has 0 saturated heterocycles. The van der Waals surface area contributed by atoms with Gasteiger partial charge >= 0.3 is 0 Å². The van der Waals surface area contributed by atoms with E-state index in [-0.39, 0.29) is 23.7 Å². The molecule has 1 saturated carbocycles. The first-order chi connectivity index (χ1) is 12.5. The van der Waals surface area contributed by atoms with Crippen LogP contribution in [-0.2, 0) is 9.59 Å². The van der Waals surface area contributed by atoms with Gasteiger partial charge in [0, 0.05) is 29.5 Å². The first-order valence-corrected chi connectivity index (χ1v) is 9.76. The summed E-state index contributed by atoms with van der Waals surface area (Å²) in [5, 5.41) is 6.56. The number of rotatable bonds is 7. The summed E-state index contributed by atoms with van der Waals surface area (Å²) in [5.74, 6) is 0.624. The van der Waals surface area contributed by atoms with Gasteiger partial charge in [0.15, 0.2) is 0 Å². The molecule has 0 aliphatic heterocycles. The van der Waals surface area contributed by atoms with E-state index in [0.717, 1.165) is 50.6 Å². The Kier molecular flexibility index (Phi) is 7.76. The zero-order valence-electron chi connectivity index (χ0n) is 15.9. The highest BCUT2D eigenvalue weighted by molar-refractivity contribution is 6.31. The van der Waals surface area contributed by atoms with E-state index in [1.54, 1.807) is 13.2 Å². The Balaban J connectivity index is 1.89. The molecular formula is C20H29ClN2O3. The molecule has 0 radical (unpaired) electrons. The molecule has 1 fully saturated rings. The zero-order chi connectivity index (χ0) is 19.1. The molecule has 0 unspecified atom stereocenters. The molecule has 6 heteroatoms. The fraction of sp³-hybridized carbons (Fsp3) is 0.600. The molecule has 26 heavy (non-hydrogen) atoms. The predicted molar refractivity (Wildman–Crippen MR) is 105 cm³/mol. The maximum Gasteiger partial charge on any atom is 0.227 e. The molecule has 0 heterocycles. The van der Waals surface area contributed by atoms with Gasteiger partial charge in [-0.3, -0.25) is 9.59 Å². The molecule has 0 atom stereocenters. The average Bonchev–Trinajstić information content (AvgIpc) is 2.64. The van der Waals surface area contributed by atoms with Gasteiger partial charge in [0.25, 0.3) is 0 Å². The van der Waals surface area contributed by atoms with E-state index < -0.39 is 0 Å². The van der Waals surface area contributed by atoms with Crippen LogP contribution in [0.15, 0.2) is 12.1 Å². The van der Waals surface area contributed by atoms with Crippen LogP contribution in [0.3, 0.4) is 0 Å². The summed E-state index contributed by atoms with van der Waals surface area (Å²) in [6.07, 6.45) is 5.05. The fourth-order valence-corrected chi connectivity index (χ4v) is 3.47. The summed E-state index contributed by atoms with van der Waals surface area (Å²) in [6, 6.07) is 3.54. The third kappa shape index (κ3) is 5.37. The molecule has 144 valence electrons. The number of unbranched alkanes of at least 4 members (excludes halogenated alkanes) is 1. The number of aryl methyl sites for hydroxylation is 1. The minimum absolute atomic E-state index is 0.0186. The minimum Gasteiger partial charge on any atom is -0.495 e. The third-order valence-electron chi connectivity index (χ3n) is 5.04. The molecule has 0 spiro atoms. The van der Waals surface area contributed by atoms with Crippen molar-refractivity contribution >= 4 is 29.1 Å². The lowest BCUT2D eigenvalue weighted by Crippen LogP contribution is -2.35. The van der Waals surface area contributed by atoms with Crippen LogP contribution in [0.5, 0.6) is 5.75 Å². The highest BCUT2D eigenvalue weighted by Crippen LogP contribution is 2.33. The minimum atomic E-state index is -0.0737. The van der Waals surface area contributed by atoms with E-state index in [1.807, 2.05) is 13.0 Å². The topological polar surface area (TPSA) is 67.4 Å². The van der Waals surface area contributed by atoms with E-state index >= 15 is 0 Å². The molecule has 2 amide bonds. The summed E-state index contributed by atoms with van der Waals surface area (Å²) in [7, 11) is 1.55. The number of anilines is 1. The normalized spacial score (nSPS) is 19.7. The second-order valence-corrected chi connectivity index (χ2v) is 7.39. The number of ether oxygens (including phenoxy) is 1. The molecule has 1 aliphatic rings. The van der Waals surface area contributed by atoms with Crippen molar-refractivity contribution in [2.75, 3.05) is 19.0 Å². The van der Waals surface area contributed by atoms with Crippen molar-refractivity contribution < 1.29 is 14.3 Å². The number of halogens is 1. The van der Waals surface area contributed by atoms with Gasteiger partial charge in [-0.05, 0) is 50.7 Å². The molecule has 5 nitrogen and oxygen atoms in total. The summed E-state index contributed by atoms with van der Waals surface area (Å²) < 4.78 is 5.31. The Morgan fingerprint density at radius 2 is 1.77 bits per heavy atom. The summed E-state index contributed by atoms with van der Waals surface area (Å²) in [6.45, 7) is 4.73. The van der Waals surface area contributed by atoms with Gasteiger partial charge < -0.3 is 15.4 Å². The van der Waals surface area contributed by atoms with E-state index in [2.05, 4.69) is 17.6 Å². The Morgan fingerprint density at radius 3 is 2.35 bits per heavy atom. The van der Waals surface area contributed by atoms with Crippen molar-refractivity contribution in [3.63, 3.8) is 0 Å². The molecule has 0 bridgehead atoms. The number of carbonyl (C=O) groups excluding carboxylic acids is 2. The number of carbonyl (C=O) groups is 2. The smallest absolute Gasteiger partial charge is 0.227 e. The third-order valence-corrected chi connectivity index (χ3v) is 5.44. The van der Waals surface area contributed by atoms with Crippen LogP contribution in [0.1, 0.15) is 51.0 Å². The van der Waals surface area contributed by atoms with Gasteiger partial charge in [0.2, 0.25) is 11.8 Å². The lowest BCUT2D eigenvalue weighted by atomic mass is 9.81. The summed E-state index contributed by atoms with van der Waals surface area (Å²) in [4.78, 5) is 24.8. The van der Waals surface area contributed by atoms with Crippen LogP contribution in [0, 0.1) is 18.8 Å². The number of amides is 2. The van der Waals surface area contributed by atoms with E-state index in [0.29, 0.717) is 16.5 Å². The Morgan fingerprint density at radius 1 is 1.15 bits per heavy atom. The van der Waals surface area contributed by atoms with Gasteiger partial charge in [-0.15, -0.1) is 0 Å². The van der Waals surface area contributed by atoms with Gasteiger partial charge in [-0.1, -0.05) is 24.9 Å². The molecule has 2 N–H and O–H groups in total.